The van der Waals surface area contributed by atoms with Crippen molar-refractivity contribution in [1.82, 2.24) is 0 Å². The summed E-state index contributed by atoms with van der Waals surface area (Å²) in [6.45, 7) is 0. The molecule has 0 amide bonds. The van der Waals surface area contributed by atoms with E-state index in [1.165, 1.54) is 0 Å². The number of benzene rings is 1. The van der Waals surface area contributed by atoms with E-state index < -0.39 is 5.66 Å². The summed E-state index contributed by atoms with van der Waals surface area (Å²) in [6, 6.07) is 3.48. The molecule has 1 spiro atoms. The van der Waals surface area contributed by atoms with Gasteiger partial charge in [-0.2, -0.15) is 4.99 Å². The smallest absolute Gasteiger partial charge is 0.220 e. The van der Waals surface area contributed by atoms with Crippen LogP contribution in [0.2, 0.25) is 15.1 Å². The molecule has 0 radical (unpaired) electrons. The van der Waals surface area contributed by atoms with Crippen LogP contribution in [-0.2, 0) is 0 Å². The first-order valence-corrected chi connectivity index (χ1v) is 8.21. The van der Waals surface area contributed by atoms with Gasteiger partial charge in [0.25, 0.3) is 0 Å². The van der Waals surface area contributed by atoms with E-state index in [9.17, 15) is 0 Å². The van der Waals surface area contributed by atoms with E-state index in [-0.39, 0.29) is 11.9 Å². The summed E-state index contributed by atoms with van der Waals surface area (Å²) < 4.78 is 0. The Kier molecular flexibility index (Phi) is 4.14. The molecule has 1 aromatic rings. The lowest BCUT2D eigenvalue weighted by Crippen LogP contribution is -2.58. The topological polar surface area (TPSA) is 80.0 Å². The third-order valence-electron chi connectivity index (χ3n) is 4.11. The van der Waals surface area contributed by atoms with Crippen molar-refractivity contribution in [2.45, 2.75) is 37.8 Å². The Labute approximate surface area is 143 Å². The second kappa shape index (κ2) is 5.80. The maximum absolute atomic E-state index is 6.39. The third-order valence-corrected chi connectivity index (χ3v) is 5.39. The molecule has 1 aromatic carbocycles. The van der Waals surface area contributed by atoms with Crippen molar-refractivity contribution >= 4 is 52.4 Å². The van der Waals surface area contributed by atoms with Gasteiger partial charge < -0.3 is 11.5 Å². The highest BCUT2D eigenvalue weighted by atomic mass is 35.5. The molecule has 1 aliphatic carbocycles. The quantitative estimate of drug-likeness (QED) is 0.748. The number of hydrogen-bond donors (Lipinski definition) is 2. The zero-order valence-corrected chi connectivity index (χ0v) is 14.1. The van der Waals surface area contributed by atoms with Crippen LogP contribution in [0.1, 0.15) is 32.1 Å². The maximum atomic E-state index is 6.39. The molecule has 8 heteroatoms. The molecule has 0 atom stereocenters. The van der Waals surface area contributed by atoms with Crippen molar-refractivity contribution in [2.75, 3.05) is 4.90 Å². The Balaban J connectivity index is 2.14. The molecule has 1 saturated carbocycles. The molecule has 2 aliphatic rings. The Morgan fingerprint density at radius 1 is 1.00 bits per heavy atom. The maximum Gasteiger partial charge on any atom is 0.220 e. The SMILES string of the molecule is NC1=NC2(CCCCC2)N(c2ccc(Cl)c(Cl)c2Cl)C(N)=N1. The van der Waals surface area contributed by atoms with Crippen LogP contribution in [-0.4, -0.2) is 17.6 Å². The molecule has 5 nitrogen and oxygen atoms in total. The van der Waals surface area contributed by atoms with Crippen LogP contribution in [0.3, 0.4) is 0 Å². The van der Waals surface area contributed by atoms with Crippen LogP contribution in [0.25, 0.3) is 0 Å². The molecule has 1 aliphatic heterocycles. The molecule has 0 aromatic heterocycles. The van der Waals surface area contributed by atoms with E-state index in [2.05, 4.69) is 9.98 Å². The number of rotatable bonds is 1. The van der Waals surface area contributed by atoms with Gasteiger partial charge in [0, 0.05) is 0 Å². The monoisotopic (exact) mass is 359 g/mol. The molecule has 3 rings (SSSR count). The fourth-order valence-corrected chi connectivity index (χ4v) is 3.77. The number of hydrogen-bond acceptors (Lipinski definition) is 5. The first-order valence-electron chi connectivity index (χ1n) is 7.08. The van der Waals surface area contributed by atoms with Crippen molar-refractivity contribution < 1.29 is 0 Å². The molecule has 0 bridgehead atoms. The van der Waals surface area contributed by atoms with E-state index in [0.29, 0.717) is 20.8 Å². The van der Waals surface area contributed by atoms with Gasteiger partial charge in [0.15, 0.2) is 0 Å². The first kappa shape index (κ1) is 15.7. The summed E-state index contributed by atoms with van der Waals surface area (Å²) in [4.78, 5) is 10.5. The number of guanidine groups is 2. The lowest BCUT2D eigenvalue weighted by Gasteiger charge is -2.45. The summed E-state index contributed by atoms with van der Waals surface area (Å²) in [6.07, 6.45) is 4.91. The second-order valence-corrected chi connectivity index (χ2v) is 6.68. The number of anilines is 1. The van der Waals surface area contributed by atoms with Crippen molar-refractivity contribution in [3.8, 4) is 0 Å². The first-order chi connectivity index (χ1) is 10.4. The highest BCUT2D eigenvalue weighted by molar-refractivity contribution is 6.49. The van der Waals surface area contributed by atoms with Crippen molar-refractivity contribution in [3.63, 3.8) is 0 Å². The average molecular weight is 361 g/mol. The molecule has 22 heavy (non-hydrogen) atoms. The summed E-state index contributed by atoms with van der Waals surface area (Å²) in [5, 5.41) is 1.03. The molecular formula is C14H16Cl3N5. The molecule has 1 heterocycles. The van der Waals surface area contributed by atoms with Crippen molar-refractivity contribution in [2.24, 2.45) is 21.5 Å². The highest BCUT2D eigenvalue weighted by Gasteiger charge is 2.43. The predicted octanol–water partition coefficient (Wildman–Crippen LogP) is 3.76. The van der Waals surface area contributed by atoms with E-state index in [1.54, 1.807) is 12.1 Å². The predicted molar refractivity (Wildman–Crippen MR) is 93.0 cm³/mol. The third kappa shape index (κ3) is 2.51. The molecule has 0 saturated heterocycles. The molecule has 0 unspecified atom stereocenters. The number of halogens is 3. The minimum Gasteiger partial charge on any atom is -0.369 e. The standard InChI is InChI=1S/C14H16Cl3N5/c15-8-4-5-9(11(17)10(8)16)22-13(19)20-12(18)21-14(22)6-2-1-3-7-14/h4-5H,1-3,6-7H2,(H4,18,19,20,21). The van der Waals surface area contributed by atoms with Crippen LogP contribution >= 0.6 is 34.8 Å². The summed E-state index contributed by atoms with van der Waals surface area (Å²) in [7, 11) is 0. The number of aliphatic imine (C=N–C) groups is 2. The van der Waals surface area contributed by atoms with Crippen molar-refractivity contribution in [3.05, 3.63) is 27.2 Å². The molecule has 1 fully saturated rings. The Bertz CT molecular complexity index is 665. The summed E-state index contributed by atoms with van der Waals surface area (Å²) in [5.74, 6) is 0.474. The van der Waals surface area contributed by atoms with Crippen LogP contribution in [0, 0.1) is 0 Å². The zero-order valence-electron chi connectivity index (χ0n) is 11.8. The molecule has 4 N–H and O–H groups in total. The van der Waals surface area contributed by atoms with Gasteiger partial charge in [-0.15, -0.1) is 0 Å². The fourth-order valence-electron chi connectivity index (χ4n) is 3.16. The average Bonchev–Trinajstić information content (AvgIpc) is 2.47. The number of nitrogens with two attached hydrogens (primary N) is 2. The fraction of sp³-hybridized carbons (Fsp3) is 0.429. The van der Waals surface area contributed by atoms with Gasteiger partial charge in [-0.3, -0.25) is 4.90 Å². The minimum absolute atomic E-state index is 0.201. The second-order valence-electron chi connectivity index (χ2n) is 5.51. The van der Waals surface area contributed by atoms with E-state index in [0.717, 1.165) is 32.1 Å². The van der Waals surface area contributed by atoms with Gasteiger partial charge in [0.1, 0.15) is 5.66 Å². The molecule has 118 valence electrons. The summed E-state index contributed by atoms with van der Waals surface area (Å²) >= 11 is 18.6. The van der Waals surface area contributed by atoms with Crippen molar-refractivity contribution in [1.29, 1.82) is 0 Å². The highest BCUT2D eigenvalue weighted by Crippen LogP contribution is 2.44. The lowest BCUT2D eigenvalue weighted by molar-refractivity contribution is 0.305. The lowest BCUT2D eigenvalue weighted by atomic mass is 9.87. The van der Waals surface area contributed by atoms with Crippen LogP contribution in [0.15, 0.2) is 22.1 Å². The Hall–Kier alpha value is -1.17. The minimum atomic E-state index is -0.547. The normalized spacial score (nSPS) is 20.8. The number of nitrogens with zero attached hydrogens (tertiary/aromatic N) is 3. The largest absolute Gasteiger partial charge is 0.369 e. The van der Waals surface area contributed by atoms with Gasteiger partial charge in [0.2, 0.25) is 11.9 Å². The zero-order chi connectivity index (χ0) is 15.9. The van der Waals surface area contributed by atoms with E-state index >= 15 is 0 Å². The van der Waals surface area contributed by atoms with Crippen LogP contribution in [0.4, 0.5) is 5.69 Å². The van der Waals surface area contributed by atoms with Gasteiger partial charge in [-0.25, -0.2) is 4.99 Å². The molecular weight excluding hydrogens is 345 g/mol. The van der Waals surface area contributed by atoms with E-state index in [4.69, 9.17) is 46.3 Å². The van der Waals surface area contributed by atoms with Crippen LogP contribution < -0.4 is 16.4 Å². The van der Waals surface area contributed by atoms with Gasteiger partial charge in [-0.1, -0.05) is 41.2 Å². The van der Waals surface area contributed by atoms with Gasteiger partial charge >= 0.3 is 0 Å². The van der Waals surface area contributed by atoms with Gasteiger partial charge in [0.05, 0.1) is 20.8 Å². The van der Waals surface area contributed by atoms with Gasteiger partial charge in [-0.05, 0) is 37.8 Å². The van der Waals surface area contributed by atoms with E-state index in [1.807, 2.05) is 4.90 Å². The van der Waals surface area contributed by atoms with Crippen LogP contribution in [0.5, 0.6) is 0 Å². The summed E-state index contributed by atoms with van der Waals surface area (Å²) in [5.41, 5.74) is 12.1. The Morgan fingerprint density at radius 3 is 2.36 bits per heavy atom. The Morgan fingerprint density at radius 2 is 1.68 bits per heavy atom.